The zero-order valence-electron chi connectivity index (χ0n) is 15.4. The number of carbonyl (C=O) groups is 1. The van der Waals surface area contributed by atoms with Crippen molar-refractivity contribution in [3.05, 3.63) is 69.5 Å². The molecule has 0 aliphatic carbocycles. The molecule has 2 N–H and O–H groups in total. The number of thiophene rings is 1. The number of hydrogen-bond acceptors (Lipinski definition) is 5. The maximum atomic E-state index is 12.7. The fourth-order valence-electron chi connectivity index (χ4n) is 2.88. The summed E-state index contributed by atoms with van der Waals surface area (Å²) in [6.07, 6.45) is 3.59. The second-order valence-electron chi connectivity index (χ2n) is 6.36. The SMILES string of the molecule is CC(C(=O)NCc1cnn(-c2ccc(Cl)cc2)c1)n1c(-c2cccs2)n[nH]c1=S. The molecule has 3 aromatic heterocycles. The lowest BCUT2D eigenvalue weighted by molar-refractivity contribution is -0.124. The molecule has 0 radical (unpaired) electrons. The fraction of sp³-hybridized carbons (Fsp3) is 0.158. The second-order valence-corrected chi connectivity index (χ2v) is 8.13. The summed E-state index contributed by atoms with van der Waals surface area (Å²) in [6.45, 7) is 2.16. The Bertz CT molecular complexity index is 1180. The van der Waals surface area contributed by atoms with Gasteiger partial charge in [-0.2, -0.15) is 10.2 Å². The molecule has 0 spiro atoms. The number of hydrogen-bond donors (Lipinski definition) is 2. The van der Waals surface area contributed by atoms with Gasteiger partial charge in [0.15, 0.2) is 10.6 Å². The number of nitrogens with zero attached hydrogens (tertiary/aromatic N) is 4. The van der Waals surface area contributed by atoms with Crippen LogP contribution in [0.25, 0.3) is 16.4 Å². The second kappa shape index (κ2) is 8.32. The van der Waals surface area contributed by atoms with E-state index in [1.165, 1.54) is 0 Å². The van der Waals surface area contributed by atoms with Crippen molar-refractivity contribution in [1.29, 1.82) is 0 Å². The van der Waals surface area contributed by atoms with E-state index >= 15 is 0 Å². The average Bonchev–Trinajstić information content (AvgIpc) is 3.47. The standard InChI is InChI=1S/C19H17ClN6OS2/c1-12(26-17(23-24-19(26)28)16-3-2-8-29-16)18(27)21-9-13-10-22-25(11-13)15-6-4-14(20)5-7-15/h2-8,10-12H,9H2,1H3,(H,21,27)(H,24,28). The zero-order chi connectivity index (χ0) is 20.4. The van der Waals surface area contributed by atoms with Crippen LogP contribution in [0.3, 0.4) is 0 Å². The maximum absolute atomic E-state index is 12.7. The van der Waals surface area contributed by atoms with Crippen molar-refractivity contribution < 1.29 is 4.79 Å². The van der Waals surface area contributed by atoms with Gasteiger partial charge in [-0.1, -0.05) is 17.7 Å². The van der Waals surface area contributed by atoms with Gasteiger partial charge in [-0.15, -0.1) is 11.3 Å². The zero-order valence-corrected chi connectivity index (χ0v) is 17.8. The summed E-state index contributed by atoms with van der Waals surface area (Å²) in [7, 11) is 0. The van der Waals surface area contributed by atoms with Gasteiger partial charge in [-0.3, -0.25) is 14.5 Å². The number of H-pyrrole nitrogens is 1. The Balaban J connectivity index is 1.45. The van der Waals surface area contributed by atoms with Crippen LogP contribution >= 0.6 is 35.2 Å². The third kappa shape index (κ3) is 4.16. The van der Waals surface area contributed by atoms with Crippen LogP contribution in [0.2, 0.25) is 5.02 Å². The van der Waals surface area contributed by atoms with Gasteiger partial charge < -0.3 is 5.32 Å². The molecule has 1 amide bonds. The van der Waals surface area contributed by atoms with Crippen molar-refractivity contribution in [2.75, 3.05) is 0 Å². The van der Waals surface area contributed by atoms with E-state index in [1.807, 2.05) is 35.8 Å². The lowest BCUT2D eigenvalue weighted by Gasteiger charge is -2.14. The highest BCUT2D eigenvalue weighted by molar-refractivity contribution is 7.71. The number of halogens is 1. The summed E-state index contributed by atoms with van der Waals surface area (Å²) in [6, 6.07) is 10.7. The Morgan fingerprint density at radius 2 is 2.14 bits per heavy atom. The van der Waals surface area contributed by atoms with Gasteiger partial charge in [0.2, 0.25) is 5.91 Å². The molecular weight excluding hydrogens is 428 g/mol. The molecule has 0 saturated carbocycles. The summed E-state index contributed by atoms with van der Waals surface area (Å²) in [4.78, 5) is 13.7. The molecule has 7 nitrogen and oxygen atoms in total. The predicted octanol–water partition coefficient (Wildman–Crippen LogP) is 4.39. The molecule has 148 valence electrons. The van der Waals surface area contributed by atoms with Crippen LogP contribution in [-0.4, -0.2) is 30.5 Å². The van der Waals surface area contributed by atoms with Crippen molar-refractivity contribution in [1.82, 2.24) is 29.9 Å². The van der Waals surface area contributed by atoms with E-state index in [9.17, 15) is 4.79 Å². The summed E-state index contributed by atoms with van der Waals surface area (Å²) < 4.78 is 3.88. The minimum Gasteiger partial charge on any atom is -0.350 e. The molecule has 0 aliphatic rings. The van der Waals surface area contributed by atoms with Crippen LogP contribution in [0.1, 0.15) is 18.5 Å². The van der Waals surface area contributed by atoms with Crippen LogP contribution < -0.4 is 5.32 Å². The number of nitrogens with one attached hydrogen (secondary N) is 2. The van der Waals surface area contributed by atoms with E-state index in [0.29, 0.717) is 22.2 Å². The minimum atomic E-state index is -0.510. The Labute approximate surface area is 181 Å². The minimum absolute atomic E-state index is 0.153. The Kier molecular flexibility index (Phi) is 5.61. The third-order valence-electron chi connectivity index (χ3n) is 4.41. The lowest BCUT2D eigenvalue weighted by atomic mass is 10.2. The van der Waals surface area contributed by atoms with Gasteiger partial charge >= 0.3 is 0 Å². The van der Waals surface area contributed by atoms with E-state index in [-0.39, 0.29) is 5.91 Å². The number of benzene rings is 1. The molecule has 0 aliphatic heterocycles. The van der Waals surface area contributed by atoms with E-state index in [1.54, 1.807) is 45.8 Å². The molecule has 3 heterocycles. The monoisotopic (exact) mass is 444 g/mol. The van der Waals surface area contributed by atoms with Crippen molar-refractivity contribution in [2.24, 2.45) is 0 Å². The molecule has 10 heteroatoms. The van der Waals surface area contributed by atoms with Gasteiger partial charge in [0.25, 0.3) is 0 Å². The van der Waals surface area contributed by atoms with E-state index < -0.39 is 6.04 Å². The summed E-state index contributed by atoms with van der Waals surface area (Å²) in [5, 5.41) is 17.0. The molecule has 1 atom stereocenters. The maximum Gasteiger partial charge on any atom is 0.243 e. The quantitative estimate of drug-likeness (QED) is 0.432. The summed E-state index contributed by atoms with van der Waals surface area (Å²) in [5.74, 6) is 0.503. The lowest BCUT2D eigenvalue weighted by Crippen LogP contribution is -2.31. The van der Waals surface area contributed by atoms with E-state index in [4.69, 9.17) is 23.8 Å². The third-order valence-corrected chi connectivity index (χ3v) is 5.81. The average molecular weight is 445 g/mol. The van der Waals surface area contributed by atoms with Crippen molar-refractivity contribution in [3.8, 4) is 16.4 Å². The van der Waals surface area contributed by atoms with Gasteiger partial charge in [0.05, 0.1) is 16.8 Å². The first-order chi connectivity index (χ1) is 14.0. The van der Waals surface area contributed by atoms with Crippen LogP contribution in [0.4, 0.5) is 0 Å². The molecule has 1 aromatic carbocycles. The van der Waals surface area contributed by atoms with E-state index in [2.05, 4.69) is 20.6 Å². The highest BCUT2D eigenvalue weighted by Gasteiger charge is 2.21. The Morgan fingerprint density at radius 3 is 2.86 bits per heavy atom. The van der Waals surface area contributed by atoms with Gasteiger partial charge in [0, 0.05) is 23.3 Å². The summed E-state index contributed by atoms with van der Waals surface area (Å²) >= 11 is 12.8. The topological polar surface area (TPSA) is 80.5 Å². The molecule has 0 bridgehead atoms. The normalized spacial score (nSPS) is 12.1. The first kappa shape index (κ1) is 19.6. The molecule has 0 saturated heterocycles. The van der Waals surface area contributed by atoms with Crippen LogP contribution in [0, 0.1) is 4.77 Å². The summed E-state index contributed by atoms with van der Waals surface area (Å²) in [5.41, 5.74) is 1.78. The highest BCUT2D eigenvalue weighted by Crippen LogP contribution is 2.25. The predicted molar refractivity (Wildman–Crippen MR) is 116 cm³/mol. The largest absolute Gasteiger partial charge is 0.350 e. The first-order valence-electron chi connectivity index (χ1n) is 8.81. The Hall–Kier alpha value is -2.75. The van der Waals surface area contributed by atoms with Crippen LogP contribution in [0.15, 0.2) is 54.2 Å². The Morgan fingerprint density at radius 1 is 1.34 bits per heavy atom. The molecule has 1 unspecified atom stereocenters. The van der Waals surface area contributed by atoms with Crippen molar-refractivity contribution >= 4 is 41.1 Å². The van der Waals surface area contributed by atoms with E-state index in [0.717, 1.165) is 16.1 Å². The fourth-order valence-corrected chi connectivity index (χ4v) is 4.01. The molecule has 4 aromatic rings. The number of amides is 1. The number of rotatable bonds is 6. The van der Waals surface area contributed by atoms with Crippen molar-refractivity contribution in [3.63, 3.8) is 0 Å². The van der Waals surface area contributed by atoms with Gasteiger partial charge in [-0.25, -0.2) is 4.68 Å². The van der Waals surface area contributed by atoms with Gasteiger partial charge in [-0.05, 0) is 54.9 Å². The highest BCUT2D eigenvalue weighted by atomic mass is 35.5. The number of aromatic nitrogens is 5. The first-order valence-corrected chi connectivity index (χ1v) is 10.5. The van der Waals surface area contributed by atoms with Crippen molar-refractivity contribution in [2.45, 2.75) is 19.5 Å². The van der Waals surface area contributed by atoms with Gasteiger partial charge in [0.1, 0.15) is 6.04 Å². The molecule has 0 fully saturated rings. The van der Waals surface area contributed by atoms with Crippen LogP contribution in [-0.2, 0) is 11.3 Å². The number of carbonyl (C=O) groups excluding carboxylic acids is 1. The molecule has 4 rings (SSSR count). The molecule has 29 heavy (non-hydrogen) atoms. The molecular formula is C19H17ClN6OS2. The van der Waals surface area contributed by atoms with Crippen LogP contribution in [0.5, 0.6) is 0 Å². The smallest absolute Gasteiger partial charge is 0.243 e. The number of aromatic amines is 1.